The standard InChI is InChI=1S/C9H17ClF3NO2S/c1-8(2)14(6-5-10)17(15,16)7-3-4-9(11,12)13/h8H,3-7H2,1-2H3. The van der Waals surface area contributed by atoms with Crippen LogP contribution in [0, 0.1) is 0 Å². The summed E-state index contributed by atoms with van der Waals surface area (Å²) in [7, 11) is -3.66. The average Bonchev–Trinajstić information content (AvgIpc) is 2.10. The Labute approximate surface area is 105 Å². The van der Waals surface area contributed by atoms with E-state index in [-0.39, 0.29) is 18.5 Å². The van der Waals surface area contributed by atoms with Crippen molar-refractivity contribution in [1.82, 2.24) is 4.31 Å². The Morgan fingerprint density at radius 2 is 1.82 bits per heavy atom. The van der Waals surface area contributed by atoms with Gasteiger partial charge in [0, 0.05) is 24.9 Å². The second-order valence-electron chi connectivity index (χ2n) is 3.93. The molecular weight excluding hydrogens is 279 g/mol. The first-order valence-electron chi connectivity index (χ1n) is 5.22. The van der Waals surface area contributed by atoms with Crippen LogP contribution in [0.15, 0.2) is 0 Å². The number of sulfonamides is 1. The van der Waals surface area contributed by atoms with Crippen molar-refractivity contribution in [2.24, 2.45) is 0 Å². The molecule has 0 fully saturated rings. The number of rotatable bonds is 7. The van der Waals surface area contributed by atoms with E-state index in [4.69, 9.17) is 11.6 Å². The maximum atomic E-state index is 11.9. The topological polar surface area (TPSA) is 37.4 Å². The van der Waals surface area contributed by atoms with Crippen molar-refractivity contribution < 1.29 is 21.6 Å². The van der Waals surface area contributed by atoms with Gasteiger partial charge in [-0.15, -0.1) is 11.6 Å². The van der Waals surface area contributed by atoms with E-state index in [2.05, 4.69) is 0 Å². The van der Waals surface area contributed by atoms with Gasteiger partial charge in [0.1, 0.15) is 0 Å². The molecule has 0 radical (unpaired) electrons. The fraction of sp³-hybridized carbons (Fsp3) is 1.00. The maximum absolute atomic E-state index is 11.9. The van der Waals surface area contributed by atoms with Gasteiger partial charge >= 0.3 is 6.18 Å². The largest absolute Gasteiger partial charge is 0.389 e. The van der Waals surface area contributed by atoms with Crippen molar-refractivity contribution in [2.75, 3.05) is 18.2 Å². The number of nitrogens with zero attached hydrogens (tertiary/aromatic N) is 1. The lowest BCUT2D eigenvalue weighted by Crippen LogP contribution is -2.39. The predicted octanol–water partition coefficient (Wildman–Crippen LogP) is 2.61. The molecule has 17 heavy (non-hydrogen) atoms. The summed E-state index contributed by atoms with van der Waals surface area (Å²) in [6.45, 7) is 3.44. The zero-order chi connectivity index (χ0) is 13.7. The molecule has 0 amide bonds. The molecule has 0 aromatic heterocycles. The zero-order valence-corrected chi connectivity index (χ0v) is 11.4. The number of halogens is 4. The second-order valence-corrected chi connectivity index (χ2v) is 6.35. The van der Waals surface area contributed by atoms with Crippen molar-refractivity contribution in [1.29, 1.82) is 0 Å². The van der Waals surface area contributed by atoms with Gasteiger partial charge in [0.15, 0.2) is 0 Å². The van der Waals surface area contributed by atoms with Crippen LogP contribution < -0.4 is 0 Å². The Balaban J connectivity index is 4.44. The minimum atomic E-state index is -4.31. The molecular formula is C9H17ClF3NO2S. The lowest BCUT2D eigenvalue weighted by atomic mass is 10.3. The second kappa shape index (κ2) is 6.80. The van der Waals surface area contributed by atoms with Gasteiger partial charge < -0.3 is 0 Å². The minimum absolute atomic E-state index is 0.119. The third-order valence-corrected chi connectivity index (χ3v) is 4.39. The third-order valence-electron chi connectivity index (χ3n) is 2.10. The van der Waals surface area contributed by atoms with E-state index >= 15 is 0 Å². The molecule has 0 atom stereocenters. The van der Waals surface area contributed by atoms with Gasteiger partial charge in [0.2, 0.25) is 10.0 Å². The number of hydrogen-bond acceptors (Lipinski definition) is 2. The molecule has 104 valence electrons. The molecule has 0 aliphatic carbocycles. The van der Waals surface area contributed by atoms with Crippen molar-refractivity contribution >= 4 is 21.6 Å². The first-order valence-corrected chi connectivity index (χ1v) is 7.37. The van der Waals surface area contributed by atoms with Crippen LogP contribution in [-0.4, -0.2) is 43.1 Å². The van der Waals surface area contributed by atoms with Gasteiger partial charge in [-0.3, -0.25) is 0 Å². The highest BCUT2D eigenvalue weighted by atomic mass is 35.5. The molecule has 0 saturated heterocycles. The van der Waals surface area contributed by atoms with Crippen LogP contribution in [0.2, 0.25) is 0 Å². The molecule has 0 aliphatic rings. The van der Waals surface area contributed by atoms with Crippen LogP contribution in [0.3, 0.4) is 0 Å². The van der Waals surface area contributed by atoms with Crippen LogP contribution in [-0.2, 0) is 10.0 Å². The quantitative estimate of drug-likeness (QED) is 0.677. The van der Waals surface area contributed by atoms with Gasteiger partial charge in [-0.2, -0.15) is 17.5 Å². The number of alkyl halides is 4. The lowest BCUT2D eigenvalue weighted by Gasteiger charge is -2.25. The van der Waals surface area contributed by atoms with Crippen molar-refractivity contribution in [3.63, 3.8) is 0 Å². The first kappa shape index (κ1) is 17.0. The summed E-state index contributed by atoms with van der Waals surface area (Å²) >= 11 is 5.47. The van der Waals surface area contributed by atoms with Crippen LogP contribution in [0.25, 0.3) is 0 Å². The Hall–Kier alpha value is -0.0100. The summed E-state index contributed by atoms with van der Waals surface area (Å²) in [5.41, 5.74) is 0. The molecule has 0 unspecified atom stereocenters. The van der Waals surface area contributed by atoms with E-state index in [0.717, 1.165) is 4.31 Å². The highest BCUT2D eigenvalue weighted by Crippen LogP contribution is 2.22. The highest BCUT2D eigenvalue weighted by molar-refractivity contribution is 7.89. The fourth-order valence-corrected chi connectivity index (χ4v) is 3.41. The summed E-state index contributed by atoms with van der Waals surface area (Å²) < 4.78 is 60.4. The first-order chi connectivity index (χ1) is 7.60. The monoisotopic (exact) mass is 295 g/mol. The normalized spacial score (nSPS) is 13.6. The Bertz CT molecular complexity index is 317. The molecule has 0 aromatic rings. The zero-order valence-electron chi connectivity index (χ0n) is 9.80. The summed E-state index contributed by atoms with van der Waals surface area (Å²) in [4.78, 5) is 0. The van der Waals surface area contributed by atoms with E-state index < -0.39 is 34.8 Å². The minimum Gasteiger partial charge on any atom is -0.212 e. The summed E-state index contributed by atoms with van der Waals surface area (Å²) in [6.07, 6.45) is -5.82. The highest BCUT2D eigenvalue weighted by Gasteiger charge is 2.29. The predicted molar refractivity (Wildman–Crippen MR) is 61.6 cm³/mol. The SMILES string of the molecule is CC(C)N(CCCl)S(=O)(=O)CCCC(F)(F)F. The van der Waals surface area contributed by atoms with E-state index in [0.29, 0.717) is 0 Å². The maximum Gasteiger partial charge on any atom is 0.389 e. The molecule has 0 N–H and O–H groups in total. The van der Waals surface area contributed by atoms with E-state index in [1.165, 1.54) is 0 Å². The Morgan fingerprint density at radius 1 is 1.29 bits per heavy atom. The fourth-order valence-electron chi connectivity index (χ4n) is 1.37. The average molecular weight is 296 g/mol. The Kier molecular flexibility index (Phi) is 6.79. The van der Waals surface area contributed by atoms with Gasteiger partial charge in [-0.25, -0.2) is 8.42 Å². The number of hydrogen-bond donors (Lipinski definition) is 0. The smallest absolute Gasteiger partial charge is 0.212 e. The summed E-state index contributed by atoms with van der Waals surface area (Å²) in [5, 5.41) is 0. The van der Waals surface area contributed by atoms with Gasteiger partial charge in [0.25, 0.3) is 0 Å². The van der Waals surface area contributed by atoms with Crippen LogP contribution in [0.5, 0.6) is 0 Å². The molecule has 8 heteroatoms. The van der Waals surface area contributed by atoms with Crippen molar-refractivity contribution in [3.8, 4) is 0 Å². The van der Waals surface area contributed by atoms with E-state index in [1.807, 2.05) is 0 Å². The lowest BCUT2D eigenvalue weighted by molar-refractivity contribution is -0.134. The van der Waals surface area contributed by atoms with Gasteiger partial charge in [-0.1, -0.05) is 0 Å². The molecule has 0 aromatic carbocycles. The molecule has 0 rings (SSSR count). The summed E-state index contributed by atoms with van der Waals surface area (Å²) in [5.74, 6) is -0.377. The van der Waals surface area contributed by atoms with Crippen LogP contribution in [0.4, 0.5) is 13.2 Å². The van der Waals surface area contributed by atoms with Gasteiger partial charge in [0.05, 0.1) is 5.75 Å². The molecule has 0 heterocycles. The Morgan fingerprint density at radius 3 is 2.18 bits per heavy atom. The van der Waals surface area contributed by atoms with Gasteiger partial charge in [-0.05, 0) is 20.3 Å². The molecule has 3 nitrogen and oxygen atoms in total. The third kappa shape index (κ3) is 7.10. The van der Waals surface area contributed by atoms with Crippen molar-refractivity contribution in [2.45, 2.75) is 38.9 Å². The van der Waals surface area contributed by atoms with E-state index in [9.17, 15) is 21.6 Å². The summed E-state index contributed by atoms with van der Waals surface area (Å²) in [6, 6.07) is -0.301. The molecule has 0 saturated carbocycles. The molecule has 0 bridgehead atoms. The van der Waals surface area contributed by atoms with E-state index in [1.54, 1.807) is 13.8 Å². The van der Waals surface area contributed by atoms with Crippen LogP contribution in [0.1, 0.15) is 26.7 Å². The molecule has 0 spiro atoms. The van der Waals surface area contributed by atoms with Crippen LogP contribution >= 0.6 is 11.6 Å². The molecule has 0 aliphatic heterocycles. The van der Waals surface area contributed by atoms with Crippen molar-refractivity contribution in [3.05, 3.63) is 0 Å².